The highest BCUT2D eigenvalue weighted by Crippen LogP contribution is 2.18. The summed E-state index contributed by atoms with van der Waals surface area (Å²) in [5.74, 6) is 1.24. The Hall–Kier alpha value is -3.21. The largest absolute Gasteiger partial charge is 0.471 e. The van der Waals surface area contributed by atoms with Gasteiger partial charge in [-0.2, -0.15) is 0 Å². The molecular weight excluding hydrogens is 348 g/mol. The molecule has 148 valence electrons. The zero-order chi connectivity index (χ0) is 19.5. The topological polar surface area (TPSA) is 52.3 Å². The second kappa shape index (κ2) is 12.2. The molecule has 0 radical (unpaired) electrons. The van der Waals surface area contributed by atoms with Crippen molar-refractivity contribution in [3.05, 3.63) is 79.0 Å². The number of rotatable bonds is 4. The molecule has 0 unspecified atom stereocenters. The van der Waals surface area contributed by atoms with Crippen LogP contribution in [0.5, 0.6) is 5.88 Å². The van der Waals surface area contributed by atoms with E-state index in [0.717, 1.165) is 16.8 Å². The van der Waals surface area contributed by atoms with Crippen LogP contribution in [0, 0.1) is 0 Å². The molecule has 1 aromatic carbocycles. The molecule has 0 saturated carbocycles. The van der Waals surface area contributed by atoms with Gasteiger partial charge in [-0.05, 0) is 11.6 Å². The van der Waals surface area contributed by atoms with E-state index in [1.807, 2.05) is 87.1 Å². The molecule has 4 aromatic rings. The van der Waals surface area contributed by atoms with Gasteiger partial charge in [0.25, 0.3) is 0 Å². The summed E-state index contributed by atoms with van der Waals surface area (Å²) in [6.45, 7) is 8.36. The van der Waals surface area contributed by atoms with Crippen molar-refractivity contribution in [2.75, 3.05) is 0 Å². The predicted molar refractivity (Wildman–Crippen MR) is 116 cm³/mol. The molecule has 3 heterocycles. The number of hydrogen-bond donors (Lipinski definition) is 0. The summed E-state index contributed by atoms with van der Waals surface area (Å²) >= 11 is 0. The van der Waals surface area contributed by atoms with Gasteiger partial charge in [-0.3, -0.25) is 4.40 Å². The average Bonchev–Trinajstić information content (AvgIpc) is 3.19. The second-order valence-electron chi connectivity index (χ2n) is 5.10. The molecule has 0 N–H and O–H groups in total. The van der Waals surface area contributed by atoms with Crippen molar-refractivity contribution < 1.29 is 4.74 Å². The predicted octanol–water partition coefficient (Wildman–Crippen LogP) is 6.06. The molecule has 0 amide bonds. The number of aromatic nitrogens is 4. The highest BCUT2D eigenvalue weighted by atomic mass is 16.5. The minimum absolute atomic E-state index is 0. The lowest BCUT2D eigenvalue weighted by molar-refractivity contribution is 0.290. The molecule has 3 aromatic heterocycles. The third-order valence-corrected chi connectivity index (χ3v) is 3.47. The van der Waals surface area contributed by atoms with Gasteiger partial charge in [0.05, 0.1) is 5.69 Å². The maximum Gasteiger partial charge on any atom is 0.234 e. The summed E-state index contributed by atoms with van der Waals surface area (Å²) in [6.07, 6.45) is 7.49. The van der Waals surface area contributed by atoms with E-state index >= 15 is 0 Å². The zero-order valence-electron chi connectivity index (χ0n) is 16.3. The van der Waals surface area contributed by atoms with E-state index in [2.05, 4.69) is 27.1 Å². The van der Waals surface area contributed by atoms with Crippen LogP contribution in [0.3, 0.4) is 0 Å². The summed E-state index contributed by atoms with van der Waals surface area (Å²) in [7, 11) is 0. The first kappa shape index (κ1) is 22.8. The maximum atomic E-state index is 5.62. The maximum absolute atomic E-state index is 5.62. The molecule has 5 heteroatoms. The lowest BCUT2D eigenvalue weighted by Gasteiger charge is -2.01. The highest BCUT2D eigenvalue weighted by Gasteiger charge is 2.06. The fraction of sp³-hybridized carbons (Fsp3) is 0.261. The van der Waals surface area contributed by atoms with Crippen molar-refractivity contribution in [2.45, 2.75) is 41.7 Å². The van der Waals surface area contributed by atoms with Crippen LogP contribution >= 0.6 is 0 Å². The van der Waals surface area contributed by atoms with Gasteiger partial charge in [0, 0.05) is 36.4 Å². The van der Waals surface area contributed by atoms with Gasteiger partial charge >= 0.3 is 0 Å². The van der Waals surface area contributed by atoms with Crippen LogP contribution in [0.25, 0.3) is 16.9 Å². The van der Waals surface area contributed by atoms with Crippen LogP contribution in [-0.2, 0) is 6.61 Å². The van der Waals surface area contributed by atoms with Gasteiger partial charge in [0.15, 0.2) is 0 Å². The first-order chi connectivity index (χ1) is 13.4. The average molecular weight is 379 g/mol. The van der Waals surface area contributed by atoms with Crippen molar-refractivity contribution in [3.63, 3.8) is 0 Å². The van der Waals surface area contributed by atoms with E-state index < -0.39 is 0 Å². The minimum atomic E-state index is 0. The molecule has 0 spiro atoms. The molecule has 28 heavy (non-hydrogen) atoms. The summed E-state index contributed by atoms with van der Waals surface area (Å²) in [4.78, 5) is 13.0. The Labute approximate surface area is 168 Å². The van der Waals surface area contributed by atoms with E-state index in [-0.39, 0.29) is 7.43 Å². The van der Waals surface area contributed by atoms with E-state index in [1.54, 1.807) is 6.20 Å². The standard InChI is InChI=1S/C18H14N4O.2C2H6.CH4/c1-2-6-14(7-3-1)15-10-20-18-21-16(12-22(18)11-15)13-23-17-8-4-5-9-19-17;2*1-2;/h1-12H,13H2;2*1-2H3;1H4. The Kier molecular flexibility index (Phi) is 9.97. The van der Waals surface area contributed by atoms with Crippen LogP contribution in [0.4, 0.5) is 0 Å². The number of pyridine rings is 1. The van der Waals surface area contributed by atoms with Gasteiger partial charge in [-0.15, -0.1) is 0 Å². The number of ether oxygens (including phenoxy) is 1. The van der Waals surface area contributed by atoms with Gasteiger partial charge in [0.2, 0.25) is 11.7 Å². The van der Waals surface area contributed by atoms with Gasteiger partial charge in [-0.25, -0.2) is 15.0 Å². The number of imidazole rings is 1. The van der Waals surface area contributed by atoms with Crippen molar-refractivity contribution >= 4 is 5.78 Å². The summed E-state index contributed by atoms with van der Waals surface area (Å²) < 4.78 is 7.54. The Bertz CT molecular complexity index is 921. The number of nitrogens with zero attached hydrogens (tertiary/aromatic N) is 4. The molecule has 4 rings (SSSR count). The molecule has 0 aliphatic heterocycles. The quantitative estimate of drug-likeness (QED) is 0.433. The van der Waals surface area contributed by atoms with Crippen LogP contribution in [0.1, 0.15) is 40.8 Å². The van der Waals surface area contributed by atoms with Gasteiger partial charge in [0.1, 0.15) is 6.61 Å². The van der Waals surface area contributed by atoms with Crippen LogP contribution in [0.2, 0.25) is 0 Å². The van der Waals surface area contributed by atoms with E-state index in [0.29, 0.717) is 18.3 Å². The van der Waals surface area contributed by atoms with Crippen LogP contribution in [-0.4, -0.2) is 19.4 Å². The first-order valence-corrected chi connectivity index (χ1v) is 9.31. The van der Waals surface area contributed by atoms with E-state index in [4.69, 9.17) is 4.74 Å². The van der Waals surface area contributed by atoms with Crippen LogP contribution in [0.15, 0.2) is 73.3 Å². The number of hydrogen-bond acceptors (Lipinski definition) is 4. The third-order valence-electron chi connectivity index (χ3n) is 3.47. The Morgan fingerprint density at radius 3 is 2.21 bits per heavy atom. The zero-order valence-corrected chi connectivity index (χ0v) is 16.3. The number of fused-ring (bicyclic) bond motifs is 1. The van der Waals surface area contributed by atoms with Gasteiger partial charge < -0.3 is 4.74 Å². The lowest BCUT2D eigenvalue weighted by atomic mass is 10.1. The fourth-order valence-electron chi connectivity index (χ4n) is 2.36. The lowest BCUT2D eigenvalue weighted by Crippen LogP contribution is -1.96. The molecule has 0 aliphatic carbocycles. The third kappa shape index (κ3) is 5.91. The van der Waals surface area contributed by atoms with Crippen LogP contribution < -0.4 is 4.74 Å². The SMILES string of the molecule is C.CC.CC.c1ccc(-c2cnc3nc(COc4ccccn4)cn3c2)cc1. The molecule has 0 bridgehead atoms. The monoisotopic (exact) mass is 378 g/mol. The Morgan fingerprint density at radius 1 is 0.821 bits per heavy atom. The Balaban J connectivity index is 0.000000739. The van der Waals surface area contributed by atoms with Gasteiger partial charge in [-0.1, -0.05) is 71.5 Å². The summed E-state index contributed by atoms with van der Waals surface area (Å²) in [5.41, 5.74) is 2.99. The molecule has 0 fully saturated rings. The van der Waals surface area contributed by atoms with E-state index in [9.17, 15) is 0 Å². The molecule has 0 aliphatic rings. The minimum Gasteiger partial charge on any atom is -0.471 e. The summed E-state index contributed by atoms with van der Waals surface area (Å²) in [6, 6.07) is 15.7. The first-order valence-electron chi connectivity index (χ1n) is 9.31. The highest BCUT2D eigenvalue weighted by molar-refractivity contribution is 5.62. The van der Waals surface area contributed by atoms with E-state index in [1.165, 1.54) is 0 Å². The molecule has 5 nitrogen and oxygen atoms in total. The molecule has 0 atom stereocenters. The van der Waals surface area contributed by atoms with Crippen molar-refractivity contribution in [3.8, 4) is 17.0 Å². The van der Waals surface area contributed by atoms with Crippen molar-refractivity contribution in [1.29, 1.82) is 0 Å². The fourth-order valence-corrected chi connectivity index (χ4v) is 2.36. The number of benzene rings is 1. The normalized spacial score (nSPS) is 9.29. The molecular formula is C23H30N4O. The summed E-state index contributed by atoms with van der Waals surface area (Å²) in [5, 5.41) is 0. The van der Waals surface area contributed by atoms with Crippen molar-refractivity contribution in [1.82, 2.24) is 19.4 Å². The smallest absolute Gasteiger partial charge is 0.234 e. The molecule has 0 saturated heterocycles. The van der Waals surface area contributed by atoms with Crippen molar-refractivity contribution in [2.24, 2.45) is 0 Å². The second-order valence-corrected chi connectivity index (χ2v) is 5.10. The Morgan fingerprint density at radius 2 is 1.54 bits per heavy atom.